The van der Waals surface area contributed by atoms with Gasteiger partial charge in [0, 0.05) is 58.1 Å². The van der Waals surface area contributed by atoms with E-state index in [1.54, 1.807) is 0 Å². The van der Waals surface area contributed by atoms with Gasteiger partial charge < -0.3 is 13.7 Å². The molecule has 58 heavy (non-hydrogen) atoms. The first-order valence-electron chi connectivity index (χ1n) is 19.8. The molecule has 270 valence electrons. The fourth-order valence-electron chi connectivity index (χ4n) is 9.78. The molecule has 13 rings (SSSR count). The molecule has 0 aliphatic rings. The van der Waals surface area contributed by atoms with Crippen molar-refractivity contribution in [2.75, 3.05) is 0 Å². The summed E-state index contributed by atoms with van der Waals surface area (Å²) < 4.78 is 10.1. The molecule has 0 amide bonds. The fourth-order valence-corrected chi connectivity index (χ4v) is 10.9. The van der Waals surface area contributed by atoms with E-state index in [-0.39, 0.29) is 0 Å². The first-order valence-corrected chi connectivity index (χ1v) is 20.7. The summed E-state index contributed by atoms with van der Waals surface area (Å²) in [5.74, 6) is 0. The van der Waals surface area contributed by atoms with Crippen molar-refractivity contribution >= 4 is 96.9 Å². The minimum atomic E-state index is 1.11. The van der Waals surface area contributed by atoms with Crippen LogP contribution in [-0.2, 0) is 0 Å². The van der Waals surface area contributed by atoms with Crippen molar-refractivity contribution in [1.82, 2.24) is 13.7 Å². The summed E-state index contributed by atoms with van der Waals surface area (Å²) in [7, 11) is 0. The number of rotatable bonds is 4. The monoisotopic (exact) mass is 755 g/mol. The number of nitrogens with zero attached hydrogens (tertiary/aromatic N) is 3. The predicted molar refractivity (Wildman–Crippen MR) is 248 cm³/mol. The summed E-state index contributed by atoms with van der Waals surface area (Å²) in [5, 5.41) is 10.1. The predicted octanol–water partition coefficient (Wildman–Crippen LogP) is 15.0. The largest absolute Gasteiger partial charge is 0.309 e. The second kappa shape index (κ2) is 12.1. The Kier molecular flexibility index (Phi) is 6.60. The lowest BCUT2D eigenvalue weighted by Gasteiger charge is -2.18. The zero-order valence-corrected chi connectivity index (χ0v) is 32.1. The lowest BCUT2D eigenvalue weighted by Crippen LogP contribution is -2.03. The van der Waals surface area contributed by atoms with Crippen LogP contribution in [0.2, 0.25) is 0 Å². The van der Waals surface area contributed by atoms with Gasteiger partial charge in [-0.15, -0.1) is 11.3 Å². The Hall–Kier alpha value is -7.40. The Morgan fingerprint density at radius 1 is 0.276 bits per heavy atom. The molecule has 0 radical (unpaired) electrons. The molecule has 0 saturated carbocycles. The van der Waals surface area contributed by atoms with Gasteiger partial charge in [-0.25, -0.2) is 0 Å². The van der Waals surface area contributed by atoms with E-state index in [2.05, 4.69) is 214 Å². The van der Waals surface area contributed by atoms with Gasteiger partial charge in [0.1, 0.15) is 0 Å². The van der Waals surface area contributed by atoms with Crippen LogP contribution in [0, 0.1) is 0 Å². The molecule has 0 N–H and O–H groups in total. The molecule has 0 aliphatic carbocycles. The van der Waals surface area contributed by atoms with Crippen molar-refractivity contribution in [3.05, 3.63) is 200 Å². The van der Waals surface area contributed by atoms with E-state index < -0.39 is 0 Å². The third-order valence-corrected chi connectivity index (χ3v) is 13.3. The third kappa shape index (κ3) is 4.43. The standard InChI is InChI=1S/C54H33N3S/c1-7-22-47-39(14-1)40-15-2-8-23-48(40)55(47)35-31-36(56-49-24-9-3-16-41(49)42-17-4-10-25-50(42)56)33-37(32-35)57-51-26-11-5-18-43(51)46-21-13-20-38(54(46)57)34-28-29-45-44-19-6-12-27-52(44)58-53(45)30-34/h1-33H. The molecule has 4 aromatic heterocycles. The van der Waals surface area contributed by atoms with E-state index in [0.717, 1.165) is 17.1 Å². The molecular weight excluding hydrogens is 723 g/mol. The second-order valence-electron chi connectivity index (χ2n) is 15.3. The molecule has 13 aromatic rings. The highest BCUT2D eigenvalue weighted by atomic mass is 32.1. The Labute approximate surface area is 337 Å². The smallest absolute Gasteiger partial charge is 0.0619 e. The number of fused-ring (bicyclic) bond motifs is 12. The van der Waals surface area contributed by atoms with Crippen LogP contribution in [-0.4, -0.2) is 13.7 Å². The van der Waals surface area contributed by atoms with Crippen LogP contribution < -0.4 is 0 Å². The van der Waals surface area contributed by atoms with Crippen LogP contribution in [0.5, 0.6) is 0 Å². The van der Waals surface area contributed by atoms with Gasteiger partial charge in [-0.05, 0) is 66.2 Å². The van der Waals surface area contributed by atoms with Crippen LogP contribution in [0.25, 0.3) is 114 Å². The van der Waals surface area contributed by atoms with Crippen molar-refractivity contribution in [2.45, 2.75) is 0 Å². The van der Waals surface area contributed by atoms with Crippen LogP contribution in [0.1, 0.15) is 0 Å². The molecule has 0 unspecified atom stereocenters. The fraction of sp³-hybridized carbons (Fsp3) is 0. The molecule has 0 atom stereocenters. The number of hydrogen-bond donors (Lipinski definition) is 0. The summed E-state index contributed by atoms with van der Waals surface area (Å²) in [6.45, 7) is 0. The quantitative estimate of drug-likeness (QED) is 0.170. The highest BCUT2D eigenvalue weighted by Gasteiger charge is 2.21. The van der Waals surface area contributed by atoms with E-state index in [1.807, 2.05) is 11.3 Å². The van der Waals surface area contributed by atoms with Gasteiger partial charge in [-0.3, -0.25) is 0 Å². The van der Waals surface area contributed by atoms with Crippen molar-refractivity contribution in [1.29, 1.82) is 0 Å². The summed E-state index contributed by atoms with van der Waals surface area (Å²) in [6, 6.07) is 73.9. The Balaban J connectivity index is 1.17. The number of thiophene rings is 1. The van der Waals surface area contributed by atoms with Gasteiger partial charge in [0.15, 0.2) is 0 Å². The molecule has 4 heterocycles. The minimum Gasteiger partial charge on any atom is -0.309 e. The average molecular weight is 756 g/mol. The molecule has 4 heteroatoms. The van der Waals surface area contributed by atoms with Gasteiger partial charge >= 0.3 is 0 Å². The topological polar surface area (TPSA) is 14.8 Å². The van der Waals surface area contributed by atoms with Crippen LogP contribution in [0.3, 0.4) is 0 Å². The zero-order chi connectivity index (χ0) is 37.9. The van der Waals surface area contributed by atoms with E-state index in [1.165, 1.54) is 96.7 Å². The molecule has 0 spiro atoms. The molecule has 0 saturated heterocycles. The first-order chi connectivity index (χ1) is 28.8. The number of benzene rings is 9. The molecule has 9 aromatic carbocycles. The summed E-state index contributed by atoms with van der Waals surface area (Å²) in [4.78, 5) is 0. The van der Waals surface area contributed by atoms with Crippen LogP contribution in [0.15, 0.2) is 200 Å². The number of hydrogen-bond acceptors (Lipinski definition) is 1. The first kappa shape index (κ1) is 31.8. The molecular formula is C54H33N3S. The van der Waals surface area contributed by atoms with Crippen LogP contribution >= 0.6 is 11.3 Å². The number of para-hydroxylation sites is 6. The Morgan fingerprint density at radius 2 is 0.672 bits per heavy atom. The molecule has 0 fully saturated rings. The maximum absolute atomic E-state index is 2.52. The van der Waals surface area contributed by atoms with E-state index >= 15 is 0 Å². The SMILES string of the molecule is c1ccc2c(c1)sc1cc(-c3cccc4c5ccccc5n(-c5cc(-n6c7ccccc7c7ccccc76)cc(-n6c7ccccc7c7ccccc76)c5)c34)ccc12. The van der Waals surface area contributed by atoms with E-state index in [0.29, 0.717) is 0 Å². The maximum atomic E-state index is 2.52. The van der Waals surface area contributed by atoms with Gasteiger partial charge in [-0.2, -0.15) is 0 Å². The van der Waals surface area contributed by atoms with Gasteiger partial charge in [0.05, 0.1) is 50.2 Å². The normalized spacial score (nSPS) is 12.1. The van der Waals surface area contributed by atoms with Gasteiger partial charge in [-0.1, -0.05) is 140 Å². The van der Waals surface area contributed by atoms with Crippen LogP contribution in [0.4, 0.5) is 0 Å². The van der Waals surface area contributed by atoms with E-state index in [4.69, 9.17) is 0 Å². The third-order valence-electron chi connectivity index (χ3n) is 12.2. The Bertz CT molecular complexity index is 3580. The number of aromatic nitrogens is 3. The summed E-state index contributed by atoms with van der Waals surface area (Å²) in [5.41, 5.74) is 12.9. The van der Waals surface area contributed by atoms with Crippen molar-refractivity contribution in [2.24, 2.45) is 0 Å². The second-order valence-corrected chi connectivity index (χ2v) is 16.4. The molecule has 3 nitrogen and oxygen atoms in total. The average Bonchev–Trinajstić information content (AvgIpc) is 4.02. The van der Waals surface area contributed by atoms with E-state index in [9.17, 15) is 0 Å². The Morgan fingerprint density at radius 3 is 1.21 bits per heavy atom. The van der Waals surface area contributed by atoms with Crippen molar-refractivity contribution in [3.8, 4) is 28.2 Å². The van der Waals surface area contributed by atoms with Crippen molar-refractivity contribution in [3.63, 3.8) is 0 Å². The summed E-state index contributed by atoms with van der Waals surface area (Å²) >= 11 is 1.87. The van der Waals surface area contributed by atoms with Crippen molar-refractivity contribution < 1.29 is 0 Å². The maximum Gasteiger partial charge on any atom is 0.0619 e. The lowest BCUT2D eigenvalue weighted by molar-refractivity contribution is 1.10. The van der Waals surface area contributed by atoms with Gasteiger partial charge in [0.2, 0.25) is 0 Å². The minimum absolute atomic E-state index is 1.11. The molecule has 0 bridgehead atoms. The zero-order valence-electron chi connectivity index (χ0n) is 31.3. The highest BCUT2D eigenvalue weighted by Crippen LogP contribution is 2.43. The molecule has 0 aliphatic heterocycles. The highest BCUT2D eigenvalue weighted by molar-refractivity contribution is 7.25. The van der Waals surface area contributed by atoms with Gasteiger partial charge in [0.25, 0.3) is 0 Å². The lowest BCUT2D eigenvalue weighted by atomic mass is 10.0. The summed E-state index contributed by atoms with van der Waals surface area (Å²) in [6.07, 6.45) is 0.